The van der Waals surface area contributed by atoms with Gasteiger partial charge >= 0.3 is 0 Å². The van der Waals surface area contributed by atoms with E-state index in [2.05, 4.69) is 51.1 Å². The average molecular weight is 399 g/mol. The minimum Gasteiger partial charge on any atom is -0.391 e. The summed E-state index contributed by atoms with van der Waals surface area (Å²) in [5.41, 5.74) is 3.40. The van der Waals surface area contributed by atoms with Gasteiger partial charge in [-0.2, -0.15) is 5.10 Å². The molecule has 1 saturated heterocycles. The number of nitrogens with zero attached hydrogens (tertiary/aromatic N) is 4. The van der Waals surface area contributed by atoms with Gasteiger partial charge in [0.1, 0.15) is 12.7 Å². The monoisotopic (exact) mass is 398 g/mol. The van der Waals surface area contributed by atoms with Crippen LogP contribution >= 0.6 is 0 Å². The molecule has 1 aromatic heterocycles. The van der Waals surface area contributed by atoms with Crippen molar-refractivity contribution in [2.24, 2.45) is 11.8 Å². The van der Waals surface area contributed by atoms with Gasteiger partial charge in [0.25, 0.3) is 0 Å². The molecule has 2 heterocycles. The molecule has 1 N–H and O–H groups in total. The summed E-state index contributed by atoms with van der Waals surface area (Å²) in [4.78, 5) is 6.58. The van der Waals surface area contributed by atoms with E-state index in [-0.39, 0.29) is 12.1 Å². The van der Waals surface area contributed by atoms with E-state index in [1.165, 1.54) is 5.56 Å². The van der Waals surface area contributed by atoms with Gasteiger partial charge in [0.05, 0.1) is 12.1 Å². The van der Waals surface area contributed by atoms with E-state index < -0.39 is 0 Å². The number of benzene rings is 2. The number of fused-ring (bicyclic) bond motifs is 1. The zero-order valence-electron chi connectivity index (χ0n) is 16.9. The fourth-order valence-electron chi connectivity index (χ4n) is 4.99. The summed E-state index contributed by atoms with van der Waals surface area (Å²) in [5.74, 6) is 7.78. The predicted molar refractivity (Wildman–Crippen MR) is 115 cm³/mol. The van der Waals surface area contributed by atoms with E-state index in [0.29, 0.717) is 11.8 Å². The summed E-state index contributed by atoms with van der Waals surface area (Å²) in [6.07, 6.45) is 4.72. The van der Waals surface area contributed by atoms with Crippen molar-refractivity contribution in [3.8, 4) is 11.8 Å². The van der Waals surface area contributed by atoms with Crippen LogP contribution in [0.15, 0.2) is 67.3 Å². The first-order valence-electron chi connectivity index (χ1n) is 10.7. The molecule has 1 saturated carbocycles. The highest BCUT2D eigenvalue weighted by molar-refractivity contribution is 5.46. The molecule has 4 atom stereocenters. The maximum absolute atomic E-state index is 10.7. The summed E-state index contributed by atoms with van der Waals surface area (Å²) in [6, 6.07) is 18.6. The molecular weight excluding hydrogens is 372 g/mol. The van der Waals surface area contributed by atoms with Gasteiger partial charge in [-0.25, -0.2) is 9.67 Å². The van der Waals surface area contributed by atoms with Crippen molar-refractivity contribution in [3.05, 3.63) is 83.9 Å². The molecule has 5 nitrogen and oxygen atoms in total. The van der Waals surface area contributed by atoms with Gasteiger partial charge in [0, 0.05) is 30.8 Å². The Balaban J connectivity index is 1.29. The molecule has 0 bridgehead atoms. The molecule has 152 valence electrons. The van der Waals surface area contributed by atoms with Gasteiger partial charge in [0.2, 0.25) is 0 Å². The zero-order valence-corrected chi connectivity index (χ0v) is 16.9. The van der Waals surface area contributed by atoms with Crippen LogP contribution in [0.25, 0.3) is 0 Å². The summed E-state index contributed by atoms with van der Waals surface area (Å²) in [5, 5.41) is 14.9. The van der Waals surface area contributed by atoms with Gasteiger partial charge < -0.3 is 5.11 Å². The highest BCUT2D eigenvalue weighted by atomic mass is 16.3. The lowest BCUT2D eigenvalue weighted by Crippen LogP contribution is -2.36. The van der Waals surface area contributed by atoms with Crippen LogP contribution in [-0.2, 0) is 6.54 Å². The van der Waals surface area contributed by atoms with Crippen LogP contribution in [-0.4, -0.2) is 44.0 Å². The van der Waals surface area contributed by atoms with Crippen molar-refractivity contribution < 1.29 is 5.11 Å². The Kier molecular flexibility index (Phi) is 5.35. The predicted octanol–water partition coefficient (Wildman–Crippen LogP) is 3.12. The summed E-state index contributed by atoms with van der Waals surface area (Å²) >= 11 is 0. The fourth-order valence-corrected chi connectivity index (χ4v) is 4.99. The standard InChI is InChI=1S/C25H26N4O/c30-25-13-23-16-28(15-22(23)12-24(25)29-18-26-17-27-29)14-21-9-5-4-8-20(21)11-10-19-6-2-1-3-7-19/h1-9,17-18,22-25,30H,12-16H2/t22-,23+,24-,25-/m1/s1. The number of rotatable bonds is 3. The number of aromatic nitrogens is 3. The molecule has 5 rings (SSSR count). The van der Waals surface area contributed by atoms with Crippen molar-refractivity contribution in [1.29, 1.82) is 0 Å². The third-order valence-electron chi connectivity index (χ3n) is 6.49. The van der Waals surface area contributed by atoms with Crippen molar-refractivity contribution in [2.75, 3.05) is 13.1 Å². The van der Waals surface area contributed by atoms with Crippen LogP contribution in [0.5, 0.6) is 0 Å². The molecule has 0 radical (unpaired) electrons. The van der Waals surface area contributed by atoms with E-state index in [4.69, 9.17) is 0 Å². The Hall–Kier alpha value is -2.94. The van der Waals surface area contributed by atoms with Crippen molar-refractivity contribution in [2.45, 2.75) is 31.5 Å². The van der Waals surface area contributed by atoms with Crippen molar-refractivity contribution in [1.82, 2.24) is 19.7 Å². The normalized spacial score (nSPS) is 26.0. The number of hydrogen-bond donors (Lipinski definition) is 1. The summed E-state index contributed by atoms with van der Waals surface area (Å²) in [6.45, 7) is 2.99. The number of likely N-dealkylation sites (tertiary alicyclic amines) is 1. The molecule has 3 aromatic rings. The van der Waals surface area contributed by atoms with E-state index in [0.717, 1.165) is 43.6 Å². The lowest BCUT2D eigenvalue weighted by Gasteiger charge is -2.35. The van der Waals surface area contributed by atoms with Crippen molar-refractivity contribution in [3.63, 3.8) is 0 Å². The highest BCUT2D eigenvalue weighted by Gasteiger charge is 2.42. The number of aliphatic hydroxyl groups is 1. The third-order valence-corrected chi connectivity index (χ3v) is 6.49. The SMILES string of the molecule is O[C@@H]1C[C@H]2CN(Cc3ccccc3C#Cc3ccccc3)C[C@H]2C[C@H]1n1cncn1. The lowest BCUT2D eigenvalue weighted by atomic mass is 9.77. The van der Waals surface area contributed by atoms with Crippen LogP contribution in [0.2, 0.25) is 0 Å². The lowest BCUT2D eigenvalue weighted by molar-refractivity contribution is 0.0304. The quantitative estimate of drug-likeness (QED) is 0.689. The molecule has 1 aliphatic carbocycles. The summed E-state index contributed by atoms with van der Waals surface area (Å²) < 4.78 is 1.83. The second kappa shape index (κ2) is 8.43. The Morgan fingerprint density at radius 1 is 0.933 bits per heavy atom. The smallest absolute Gasteiger partial charge is 0.137 e. The van der Waals surface area contributed by atoms with E-state index in [9.17, 15) is 5.11 Å². The largest absolute Gasteiger partial charge is 0.391 e. The van der Waals surface area contributed by atoms with Gasteiger partial charge in [-0.3, -0.25) is 4.90 Å². The first-order valence-corrected chi connectivity index (χ1v) is 10.7. The molecule has 0 amide bonds. The van der Waals surface area contributed by atoms with Crippen LogP contribution in [0.3, 0.4) is 0 Å². The van der Waals surface area contributed by atoms with Crippen molar-refractivity contribution >= 4 is 0 Å². The molecule has 2 aromatic carbocycles. The molecular formula is C25H26N4O. The first-order chi connectivity index (χ1) is 14.8. The zero-order chi connectivity index (χ0) is 20.3. The van der Waals surface area contributed by atoms with Crippen LogP contribution in [0.4, 0.5) is 0 Å². The third kappa shape index (κ3) is 4.02. The van der Waals surface area contributed by atoms with Crippen LogP contribution in [0.1, 0.15) is 35.6 Å². The van der Waals surface area contributed by atoms with Gasteiger partial charge in [-0.15, -0.1) is 0 Å². The van der Waals surface area contributed by atoms with Gasteiger partial charge in [-0.05, 0) is 48.4 Å². The van der Waals surface area contributed by atoms with Crippen LogP contribution < -0.4 is 0 Å². The Labute approximate surface area is 177 Å². The minimum atomic E-state index is -0.350. The maximum Gasteiger partial charge on any atom is 0.137 e. The maximum atomic E-state index is 10.7. The molecule has 30 heavy (non-hydrogen) atoms. The minimum absolute atomic E-state index is 0.0396. The van der Waals surface area contributed by atoms with Crippen LogP contribution in [0, 0.1) is 23.7 Å². The highest BCUT2D eigenvalue weighted by Crippen LogP contribution is 2.41. The molecule has 5 heteroatoms. The number of hydrogen-bond acceptors (Lipinski definition) is 4. The Morgan fingerprint density at radius 3 is 2.50 bits per heavy atom. The second-order valence-corrected chi connectivity index (χ2v) is 8.47. The Bertz CT molecular complexity index is 1040. The Morgan fingerprint density at radius 2 is 1.70 bits per heavy atom. The van der Waals surface area contributed by atoms with Gasteiger partial charge in [-0.1, -0.05) is 48.2 Å². The average Bonchev–Trinajstić information content (AvgIpc) is 3.43. The molecule has 2 fully saturated rings. The topological polar surface area (TPSA) is 54.2 Å². The van der Waals surface area contributed by atoms with E-state index in [1.54, 1.807) is 12.7 Å². The first kappa shape index (κ1) is 19.0. The fraction of sp³-hybridized carbons (Fsp3) is 0.360. The molecule has 0 spiro atoms. The number of aliphatic hydroxyl groups excluding tert-OH is 1. The molecule has 0 unspecified atom stereocenters. The van der Waals surface area contributed by atoms with E-state index in [1.807, 2.05) is 35.0 Å². The summed E-state index contributed by atoms with van der Waals surface area (Å²) in [7, 11) is 0. The molecule has 2 aliphatic rings. The van der Waals surface area contributed by atoms with Gasteiger partial charge in [0.15, 0.2) is 0 Å². The van der Waals surface area contributed by atoms with E-state index >= 15 is 0 Å². The second-order valence-electron chi connectivity index (χ2n) is 8.47. The molecule has 1 aliphatic heterocycles.